The number of aliphatic hydroxyl groups excluding tert-OH is 1. The Morgan fingerprint density at radius 1 is 1.56 bits per heavy atom. The van der Waals surface area contributed by atoms with Crippen molar-refractivity contribution in [3.05, 3.63) is 28.8 Å². The molecule has 1 aromatic carbocycles. The third-order valence-corrected chi connectivity index (χ3v) is 2.02. The van der Waals surface area contributed by atoms with Gasteiger partial charge in [-0.3, -0.25) is 0 Å². The van der Waals surface area contributed by atoms with Crippen molar-refractivity contribution in [1.29, 1.82) is 5.26 Å². The smallest absolute Gasteiger partial charge is 0.338 e. The van der Waals surface area contributed by atoms with Crippen LogP contribution in [0.25, 0.3) is 0 Å². The second-order valence-electron chi connectivity index (χ2n) is 3.01. The normalized spacial score (nSPS) is 9.56. The van der Waals surface area contributed by atoms with Gasteiger partial charge in [0.15, 0.2) is 0 Å². The highest BCUT2D eigenvalue weighted by Crippen LogP contribution is 2.23. The first-order valence-corrected chi connectivity index (χ1v) is 4.68. The first kappa shape index (κ1) is 12.0. The van der Waals surface area contributed by atoms with Gasteiger partial charge in [0, 0.05) is 5.56 Å². The van der Waals surface area contributed by atoms with E-state index in [1.54, 1.807) is 13.0 Å². The first-order chi connectivity index (χ1) is 7.63. The fraction of sp³-hybridized carbons (Fsp3) is 0.273. The largest absolute Gasteiger partial charge is 0.508 e. The number of hydrogen-bond acceptors (Lipinski definition) is 5. The lowest BCUT2D eigenvalue weighted by molar-refractivity contribution is 0.0525. The Bertz CT molecular complexity index is 448. The Morgan fingerprint density at radius 3 is 2.75 bits per heavy atom. The van der Waals surface area contributed by atoms with Crippen LogP contribution in [0.5, 0.6) is 5.75 Å². The van der Waals surface area contributed by atoms with Crippen molar-refractivity contribution in [3.8, 4) is 11.8 Å². The summed E-state index contributed by atoms with van der Waals surface area (Å²) in [5, 5.41) is 27.2. The number of ether oxygens (including phenoxy) is 1. The van der Waals surface area contributed by atoms with Crippen LogP contribution < -0.4 is 0 Å². The SMILES string of the molecule is CCOC(=O)c1cc(O)c(CO)c(C#N)c1. The lowest BCUT2D eigenvalue weighted by Gasteiger charge is -2.07. The van der Waals surface area contributed by atoms with Gasteiger partial charge in [0.25, 0.3) is 0 Å². The number of benzene rings is 1. The zero-order valence-corrected chi connectivity index (χ0v) is 8.73. The van der Waals surface area contributed by atoms with Gasteiger partial charge in [-0.1, -0.05) is 0 Å². The number of nitrogens with zero attached hydrogens (tertiary/aromatic N) is 1. The molecule has 0 aromatic heterocycles. The Kier molecular flexibility index (Phi) is 3.86. The van der Waals surface area contributed by atoms with E-state index in [0.29, 0.717) is 0 Å². The maximum atomic E-state index is 11.4. The van der Waals surface area contributed by atoms with Crippen molar-refractivity contribution in [2.24, 2.45) is 0 Å². The number of carbonyl (C=O) groups is 1. The molecule has 1 aromatic rings. The maximum Gasteiger partial charge on any atom is 0.338 e. The molecule has 0 aliphatic carbocycles. The second-order valence-corrected chi connectivity index (χ2v) is 3.01. The summed E-state index contributed by atoms with van der Waals surface area (Å²) in [5.41, 5.74) is 0.259. The molecule has 84 valence electrons. The Hall–Kier alpha value is -2.06. The van der Waals surface area contributed by atoms with E-state index < -0.39 is 12.6 Å². The van der Waals surface area contributed by atoms with Crippen LogP contribution in [0.4, 0.5) is 0 Å². The summed E-state index contributed by atoms with van der Waals surface area (Å²) < 4.78 is 4.73. The summed E-state index contributed by atoms with van der Waals surface area (Å²) in [6, 6.07) is 4.25. The van der Waals surface area contributed by atoms with Crippen molar-refractivity contribution in [2.75, 3.05) is 6.61 Å². The fourth-order valence-electron chi connectivity index (χ4n) is 1.25. The van der Waals surface area contributed by atoms with Gasteiger partial charge in [-0.25, -0.2) is 4.79 Å². The molecule has 5 heteroatoms. The second kappa shape index (κ2) is 5.14. The molecule has 0 aliphatic rings. The number of hydrogen-bond donors (Lipinski definition) is 2. The highest BCUT2D eigenvalue weighted by atomic mass is 16.5. The molecule has 0 aliphatic heterocycles. The van der Waals surface area contributed by atoms with Crippen LogP contribution >= 0.6 is 0 Å². The highest BCUT2D eigenvalue weighted by molar-refractivity contribution is 5.90. The molecule has 0 atom stereocenters. The van der Waals surface area contributed by atoms with Crippen LogP contribution in [-0.4, -0.2) is 22.8 Å². The molecule has 2 N–H and O–H groups in total. The van der Waals surface area contributed by atoms with Crippen molar-refractivity contribution >= 4 is 5.97 Å². The summed E-state index contributed by atoms with van der Waals surface area (Å²) >= 11 is 0. The van der Waals surface area contributed by atoms with Crippen molar-refractivity contribution < 1.29 is 19.7 Å². The van der Waals surface area contributed by atoms with E-state index in [4.69, 9.17) is 15.1 Å². The maximum absolute atomic E-state index is 11.4. The van der Waals surface area contributed by atoms with E-state index >= 15 is 0 Å². The minimum absolute atomic E-state index is 0.0607. The topological polar surface area (TPSA) is 90.6 Å². The molecule has 0 unspecified atom stereocenters. The molecule has 0 heterocycles. The van der Waals surface area contributed by atoms with E-state index in [2.05, 4.69) is 0 Å². The molecule has 0 amide bonds. The predicted octanol–water partition coefficient (Wildman–Crippen LogP) is 0.933. The van der Waals surface area contributed by atoms with Crippen molar-refractivity contribution in [3.63, 3.8) is 0 Å². The summed E-state index contributed by atoms with van der Waals surface area (Å²) in [6.45, 7) is 1.41. The van der Waals surface area contributed by atoms with Crippen LogP contribution in [-0.2, 0) is 11.3 Å². The molecule has 16 heavy (non-hydrogen) atoms. The summed E-state index contributed by atoms with van der Waals surface area (Å²) in [7, 11) is 0. The molecule has 0 fully saturated rings. The monoisotopic (exact) mass is 221 g/mol. The van der Waals surface area contributed by atoms with Crippen LogP contribution in [0.15, 0.2) is 12.1 Å². The van der Waals surface area contributed by atoms with Gasteiger partial charge in [-0.2, -0.15) is 5.26 Å². The number of nitriles is 1. The van der Waals surface area contributed by atoms with E-state index in [-0.39, 0.29) is 29.0 Å². The molecule has 1 rings (SSSR count). The van der Waals surface area contributed by atoms with Crippen molar-refractivity contribution in [1.82, 2.24) is 0 Å². The molecular weight excluding hydrogens is 210 g/mol. The van der Waals surface area contributed by atoms with Crippen LogP contribution in [0.3, 0.4) is 0 Å². The van der Waals surface area contributed by atoms with Gasteiger partial charge < -0.3 is 14.9 Å². The van der Waals surface area contributed by atoms with E-state index in [1.165, 1.54) is 12.1 Å². The Labute approximate surface area is 92.5 Å². The number of aliphatic hydroxyl groups is 1. The Morgan fingerprint density at radius 2 is 2.25 bits per heavy atom. The summed E-state index contributed by atoms with van der Waals surface area (Å²) in [4.78, 5) is 11.4. The number of carbonyl (C=O) groups excluding carboxylic acids is 1. The minimum Gasteiger partial charge on any atom is -0.508 e. The van der Waals surface area contributed by atoms with Crippen LogP contribution in [0, 0.1) is 11.3 Å². The molecule has 0 saturated carbocycles. The lowest BCUT2D eigenvalue weighted by atomic mass is 10.0. The first-order valence-electron chi connectivity index (χ1n) is 4.68. The van der Waals surface area contributed by atoms with Gasteiger partial charge in [0.1, 0.15) is 5.75 Å². The van der Waals surface area contributed by atoms with Gasteiger partial charge >= 0.3 is 5.97 Å². The molecule has 0 bridgehead atoms. The number of aromatic hydroxyl groups is 1. The Balaban J connectivity index is 3.21. The molecular formula is C11H11NO4. The van der Waals surface area contributed by atoms with Gasteiger partial charge in [0.05, 0.1) is 30.4 Å². The average molecular weight is 221 g/mol. The van der Waals surface area contributed by atoms with E-state index in [1.807, 2.05) is 0 Å². The average Bonchev–Trinajstić information content (AvgIpc) is 2.28. The minimum atomic E-state index is -0.612. The lowest BCUT2D eigenvalue weighted by Crippen LogP contribution is -2.06. The number of phenols is 1. The molecule has 0 saturated heterocycles. The van der Waals surface area contributed by atoms with Gasteiger partial charge in [-0.05, 0) is 19.1 Å². The van der Waals surface area contributed by atoms with Crippen LogP contribution in [0.1, 0.15) is 28.4 Å². The van der Waals surface area contributed by atoms with Crippen LogP contribution in [0.2, 0.25) is 0 Å². The summed E-state index contributed by atoms with van der Waals surface area (Å²) in [5.74, 6) is -0.900. The zero-order chi connectivity index (χ0) is 12.1. The van der Waals surface area contributed by atoms with Gasteiger partial charge in [0.2, 0.25) is 0 Å². The number of rotatable bonds is 3. The zero-order valence-electron chi connectivity index (χ0n) is 8.73. The van der Waals surface area contributed by atoms with E-state index in [0.717, 1.165) is 0 Å². The molecule has 0 radical (unpaired) electrons. The van der Waals surface area contributed by atoms with Gasteiger partial charge in [-0.15, -0.1) is 0 Å². The van der Waals surface area contributed by atoms with E-state index in [9.17, 15) is 9.90 Å². The fourth-order valence-corrected chi connectivity index (χ4v) is 1.25. The third kappa shape index (κ3) is 2.30. The standard InChI is InChI=1S/C11H11NO4/c1-2-16-11(15)7-3-8(5-12)9(6-13)10(14)4-7/h3-4,13-14H,2,6H2,1H3. The van der Waals surface area contributed by atoms with Crippen molar-refractivity contribution in [2.45, 2.75) is 13.5 Å². The highest BCUT2D eigenvalue weighted by Gasteiger charge is 2.14. The molecule has 5 nitrogen and oxygen atoms in total. The molecule has 0 spiro atoms. The quantitative estimate of drug-likeness (QED) is 0.741. The number of esters is 1. The third-order valence-electron chi connectivity index (χ3n) is 2.02. The predicted molar refractivity (Wildman–Crippen MR) is 54.7 cm³/mol. The summed E-state index contributed by atoms with van der Waals surface area (Å²) in [6.07, 6.45) is 0.